The highest BCUT2D eigenvalue weighted by atomic mass is 32.1. The molecule has 0 saturated carbocycles. The lowest BCUT2D eigenvalue weighted by Crippen LogP contribution is -2.29. The summed E-state index contributed by atoms with van der Waals surface area (Å²) < 4.78 is 14.6. The van der Waals surface area contributed by atoms with E-state index in [4.69, 9.17) is 24.5 Å². The Bertz CT molecular complexity index is 591. The van der Waals surface area contributed by atoms with Crippen molar-refractivity contribution in [2.45, 2.75) is 46.0 Å². The molecule has 1 aliphatic rings. The van der Waals surface area contributed by atoms with Crippen LogP contribution in [0.15, 0.2) is 6.08 Å². The second kappa shape index (κ2) is 12.4. The molecule has 0 radical (unpaired) electrons. The third-order valence-corrected chi connectivity index (χ3v) is 4.37. The van der Waals surface area contributed by atoms with Crippen molar-refractivity contribution in [3.8, 4) is 5.88 Å². The number of nitrogens with zero attached hydrogens (tertiary/aromatic N) is 3. The highest BCUT2D eigenvalue weighted by Crippen LogP contribution is 2.27. The lowest BCUT2D eigenvalue weighted by Gasteiger charge is -2.25. The van der Waals surface area contributed by atoms with Crippen molar-refractivity contribution in [1.82, 2.24) is 13.6 Å². The van der Waals surface area contributed by atoms with E-state index in [0.717, 1.165) is 50.7 Å². The number of rotatable bonds is 8. The van der Waals surface area contributed by atoms with Crippen LogP contribution in [0, 0.1) is 0 Å². The molecule has 2 rings (SSSR count). The lowest BCUT2D eigenvalue weighted by molar-refractivity contribution is -0.159. The summed E-state index contributed by atoms with van der Waals surface area (Å²) in [7, 11) is 0. The number of aromatic nitrogens is 2. The van der Waals surface area contributed by atoms with Gasteiger partial charge in [0.1, 0.15) is 5.69 Å². The molecular weight excluding hydrogens is 358 g/mol. The fraction of sp³-hybridized carbons (Fsp3) is 0.647. The molecule has 1 aliphatic heterocycles. The van der Waals surface area contributed by atoms with Gasteiger partial charge in [-0.05, 0) is 25.0 Å². The van der Waals surface area contributed by atoms with Crippen LogP contribution >= 0.6 is 11.7 Å². The van der Waals surface area contributed by atoms with Gasteiger partial charge >= 0.3 is 11.9 Å². The standard InChI is InChI=1S/C15H25N3OS.C2H2O4/c1-3-5-6-7-11-19-15-14(16-20-17-15)13-9-8-10-18(4-2)12-13;3-1(4)2(5)6/h9H,3-8,10-12H2,1-2H3;(H,3,4)(H,5,6). The molecule has 2 heterocycles. The van der Waals surface area contributed by atoms with Crippen LogP contribution in [0.1, 0.15) is 51.6 Å². The molecule has 0 bridgehead atoms. The zero-order valence-electron chi connectivity index (χ0n) is 15.3. The largest absolute Gasteiger partial charge is 0.475 e. The van der Waals surface area contributed by atoms with E-state index < -0.39 is 11.9 Å². The summed E-state index contributed by atoms with van der Waals surface area (Å²) in [5.41, 5.74) is 2.24. The monoisotopic (exact) mass is 385 g/mol. The van der Waals surface area contributed by atoms with Crippen LogP contribution in [0.2, 0.25) is 0 Å². The second-order valence-corrected chi connectivity index (χ2v) is 6.35. The molecule has 2 N–H and O–H groups in total. The minimum Gasteiger partial charge on any atom is -0.475 e. The number of carbonyl (C=O) groups is 2. The number of hydrogen-bond donors (Lipinski definition) is 2. The summed E-state index contributed by atoms with van der Waals surface area (Å²) >= 11 is 1.25. The minimum atomic E-state index is -1.82. The Balaban J connectivity index is 0.000000487. The molecule has 0 saturated heterocycles. The third kappa shape index (κ3) is 7.92. The third-order valence-electron chi connectivity index (χ3n) is 3.86. The van der Waals surface area contributed by atoms with Gasteiger partial charge in [-0.3, -0.25) is 4.90 Å². The molecule has 0 spiro atoms. The van der Waals surface area contributed by atoms with Crippen molar-refractivity contribution in [2.24, 2.45) is 0 Å². The number of likely N-dealkylation sites (N-methyl/N-ethyl adjacent to an activating group) is 1. The van der Waals surface area contributed by atoms with Gasteiger partial charge < -0.3 is 14.9 Å². The van der Waals surface area contributed by atoms with Gasteiger partial charge in [0.05, 0.1) is 18.3 Å². The van der Waals surface area contributed by atoms with Crippen LogP contribution in [-0.4, -0.2) is 62.0 Å². The molecule has 8 nitrogen and oxygen atoms in total. The summed E-state index contributed by atoms with van der Waals surface area (Å²) in [5, 5.41) is 14.8. The van der Waals surface area contributed by atoms with Gasteiger partial charge in [0.15, 0.2) is 0 Å². The normalized spacial score (nSPS) is 14.2. The van der Waals surface area contributed by atoms with Gasteiger partial charge in [-0.15, -0.1) is 4.37 Å². The summed E-state index contributed by atoms with van der Waals surface area (Å²) in [6.45, 7) is 8.37. The SMILES string of the molecule is CCCCCCOc1nsnc1C1=CCCN(CC)C1.O=C(O)C(=O)O. The molecule has 0 aliphatic carbocycles. The Morgan fingerprint density at radius 3 is 2.54 bits per heavy atom. The summed E-state index contributed by atoms with van der Waals surface area (Å²) in [5.74, 6) is -2.92. The van der Waals surface area contributed by atoms with Crippen LogP contribution < -0.4 is 4.74 Å². The Labute approximate surface area is 157 Å². The first-order valence-corrected chi connectivity index (χ1v) is 9.55. The highest BCUT2D eigenvalue weighted by molar-refractivity contribution is 6.99. The number of carboxylic acids is 2. The van der Waals surface area contributed by atoms with E-state index in [1.807, 2.05) is 0 Å². The molecule has 26 heavy (non-hydrogen) atoms. The predicted octanol–water partition coefficient (Wildman–Crippen LogP) is 2.76. The first-order valence-electron chi connectivity index (χ1n) is 8.82. The fourth-order valence-corrected chi connectivity index (χ4v) is 2.95. The molecule has 0 fully saturated rings. The topological polar surface area (TPSA) is 113 Å². The van der Waals surface area contributed by atoms with Crippen molar-refractivity contribution in [3.05, 3.63) is 11.8 Å². The van der Waals surface area contributed by atoms with Crippen molar-refractivity contribution in [3.63, 3.8) is 0 Å². The van der Waals surface area contributed by atoms with Crippen molar-refractivity contribution in [2.75, 3.05) is 26.2 Å². The molecule has 0 atom stereocenters. The first-order chi connectivity index (χ1) is 12.5. The molecule has 1 aromatic rings. The number of hydrogen-bond acceptors (Lipinski definition) is 7. The van der Waals surface area contributed by atoms with E-state index in [1.54, 1.807) is 0 Å². The second-order valence-electron chi connectivity index (χ2n) is 5.82. The van der Waals surface area contributed by atoms with E-state index in [9.17, 15) is 0 Å². The minimum absolute atomic E-state index is 0.732. The van der Waals surface area contributed by atoms with Crippen LogP contribution in [0.25, 0.3) is 5.57 Å². The van der Waals surface area contributed by atoms with Crippen LogP contribution in [-0.2, 0) is 9.59 Å². The number of carboxylic acid groups (broad SMARTS) is 2. The van der Waals surface area contributed by atoms with Crippen molar-refractivity contribution in [1.29, 1.82) is 0 Å². The van der Waals surface area contributed by atoms with Crippen LogP contribution in [0.3, 0.4) is 0 Å². The van der Waals surface area contributed by atoms with Gasteiger partial charge in [0.25, 0.3) is 5.88 Å². The van der Waals surface area contributed by atoms with E-state index in [0.29, 0.717) is 0 Å². The molecule has 1 aromatic heterocycles. The van der Waals surface area contributed by atoms with Crippen LogP contribution in [0.5, 0.6) is 5.88 Å². The fourth-order valence-electron chi connectivity index (χ4n) is 2.42. The van der Waals surface area contributed by atoms with Gasteiger partial charge in [-0.1, -0.05) is 39.2 Å². The molecule has 9 heteroatoms. The van der Waals surface area contributed by atoms with E-state index in [-0.39, 0.29) is 0 Å². The maximum atomic E-state index is 9.10. The van der Waals surface area contributed by atoms with E-state index >= 15 is 0 Å². The summed E-state index contributed by atoms with van der Waals surface area (Å²) in [6, 6.07) is 0. The zero-order valence-corrected chi connectivity index (χ0v) is 16.1. The van der Waals surface area contributed by atoms with Crippen LogP contribution in [0.4, 0.5) is 0 Å². The number of ether oxygens (including phenoxy) is 1. The predicted molar refractivity (Wildman–Crippen MR) is 99.5 cm³/mol. The van der Waals surface area contributed by atoms with Gasteiger partial charge in [0, 0.05) is 13.1 Å². The molecule has 146 valence electrons. The van der Waals surface area contributed by atoms with Gasteiger partial charge in [0.2, 0.25) is 0 Å². The smallest absolute Gasteiger partial charge is 0.414 e. The Morgan fingerprint density at radius 1 is 1.19 bits per heavy atom. The highest BCUT2D eigenvalue weighted by Gasteiger charge is 2.19. The van der Waals surface area contributed by atoms with E-state index in [2.05, 4.69) is 33.6 Å². The van der Waals surface area contributed by atoms with Crippen molar-refractivity contribution < 1.29 is 24.5 Å². The summed E-state index contributed by atoms with van der Waals surface area (Å²) in [4.78, 5) is 20.6. The van der Waals surface area contributed by atoms with Gasteiger partial charge in [-0.2, -0.15) is 4.37 Å². The molecule has 0 unspecified atom stereocenters. The Morgan fingerprint density at radius 2 is 1.92 bits per heavy atom. The molecule has 0 amide bonds. The number of unbranched alkanes of at least 4 members (excludes halogenated alkanes) is 3. The average molecular weight is 385 g/mol. The molecule has 0 aromatic carbocycles. The average Bonchev–Trinajstić information content (AvgIpc) is 3.10. The quantitative estimate of drug-likeness (QED) is 0.519. The number of aliphatic carboxylic acids is 2. The lowest BCUT2D eigenvalue weighted by atomic mass is 10.1. The van der Waals surface area contributed by atoms with Gasteiger partial charge in [-0.25, -0.2) is 9.59 Å². The van der Waals surface area contributed by atoms with Crippen molar-refractivity contribution >= 4 is 29.2 Å². The maximum absolute atomic E-state index is 9.10. The summed E-state index contributed by atoms with van der Waals surface area (Å²) in [6.07, 6.45) is 8.25. The Kier molecular flexibility index (Phi) is 10.5. The first kappa shape index (κ1) is 22.0. The zero-order chi connectivity index (χ0) is 19.4. The maximum Gasteiger partial charge on any atom is 0.414 e. The molecular formula is C17H27N3O5S. The Hall–Kier alpha value is -2.00. The van der Waals surface area contributed by atoms with E-state index in [1.165, 1.54) is 36.6 Å².